The zero-order valence-electron chi connectivity index (χ0n) is 10.6. The molecule has 94 valence electrons. The number of hydrogen-bond donors (Lipinski definition) is 2. The fourth-order valence-electron chi connectivity index (χ4n) is 1.69. The molecule has 0 atom stereocenters. The number of nitrogens with one attached hydrogen (secondary N) is 1. The second kappa shape index (κ2) is 6.12. The molecule has 0 saturated carbocycles. The SMILES string of the molecule is CCc1ccc(-c2cnc(NCCN)nc2)cc1. The Bertz CT molecular complexity index is 476. The third-order valence-corrected chi connectivity index (χ3v) is 2.77. The molecule has 18 heavy (non-hydrogen) atoms. The van der Waals surface area contributed by atoms with Gasteiger partial charge in [-0.2, -0.15) is 0 Å². The monoisotopic (exact) mass is 242 g/mol. The van der Waals surface area contributed by atoms with Crippen LogP contribution in [0, 0.1) is 0 Å². The molecule has 2 aromatic rings. The van der Waals surface area contributed by atoms with E-state index in [-0.39, 0.29) is 0 Å². The number of benzene rings is 1. The maximum atomic E-state index is 5.41. The van der Waals surface area contributed by atoms with Gasteiger partial charge in [-0.25, -0.2) is 9.97 Å². The van der Waals surface area contributed by atoms with Crippen LogP contribution in [0.4, 0.5) is 5.95 Å². The quantitative estimate of drug-likeness (QED) is 0.842. The number of nitrogens with zero attached hydrogens (tertiary/aromatic N) is 2. The highest BCUT2D eigenvalue weighted by Gasteiger charge is 2.00. The highest BCUT2D eigenvalue weighted by Crippen LogP contribution is 2.18. The van der Waals surface area contributed by atoms with E-state index in [1.807, 2.05) is 12.4 Å². The van der Waals surface area contributed by atoms with E-state index in [4.69, 9.17) is 5.73 Å². The van der Waals surface area contributed by atoms with Gasteiger partial charge in [0.05, 0.1) is 0 Å². The molecule has 0 bridgehead atoms. The Morgan fingerprint density at radius 3 is 2.28 bits per heavy atom. The average Bonchev–Trinajstić information content (AvgIpc) is 2.46. The van der Waals surface area contributed by atoms with Crippen molar-refractivity contribution >= 4 is 5.95 Å². The summed E-state index contributed by atoms with van der Waals surface area (Å²) in [6.07, 6.45) is 4.71. The van der Waals surface area contributed by atoms with Crippen molar-refractivity contribution < 1.29 is 0 Å². The largest absolute Gasteiger partial charge is 0.353 e. The van der Waals surface area contributed by atoms with Gasteiger partial charge < -0.3 is 11.1 Å². The minimum absolute atomic E-state index is 0.573. The number of aryl methyl sites for hydroxylation is 1. The molecule has 1 aromatic heterocycles. The van der Waals surface area contributed by atoms with E-state index in [1.54, 1.807) is 0 Å². The number of rotatable bonds is 5. The third-order valence-electron chi connectivity index (χ3n) is 2.77. The number of anilines is 1. The summed E-state index contributed by atoms with van der Waals surface area (Å²) in [5.41, 5.74) is 8.90. The van der Waals surface area contributed by atoms with Crippen LogP contribution in [0.15, 0.2) is 36.7 Å². The molecule has 0 spiro atoms. The minimum atomic E-state index is 0.573. The van der Waals surface area contributed by atoms with Gasteiger partial charge in [-0.15, -0.1) is 0 Å². The van der Waals surface area contributed by atoms with E-state index in [9.17, 15) is 0 Å². The molecule has 0 saturated heterocycles. The summed E-state index contributed by atoms with van der Waals surface area (Å²) in [5.74, 6) is 0.620. The smallest absolute Gasteiger partial charge is 0.222 e. The van der Waals surface area contributed by atoms with E-state index in [1.165, 1.54) is 5.56 Å². The zero-order valence-corrected chi connectivity index (χ0v) is 10.6. The Kier molecular flexibility index (Phi) is 4.25. The van der Waals surface area contributed by atoms with E-state index < -0.39 is 0 Å². The molecule has 0 unspecified atom stereocenters. The van der Waals surface area contributed by atoms with Crippen molar-refractivity contribution in [2.75, 3.05) is 18.4 Å². The van der Waals surface area contributed by atoms with Crippen molar-refractivity contribution in [1.29, 1.82) is 0 Å². The molecule has 1 aromatic carbocycles. The molecule has 0 aliphatic rings. The van der Waals surface area contributed by atoms with E-state index >= 15 is 0 Å². The van der Waals surface area contributed by atoms with Crippen molar-refractivity contribution in [3.63, 3.8) is 0 Å². The first-order valence-corrected chi connectivity index (χ1v) is 6.18. The van der Waals surface area contributed by atoms with Gasteiger partial charge in [-0.1, -0.05) is 31.2 Å². The Balaban J connectivity index is 2.12. The van der Waals surface area contributed by atoms with Gasteiger partial charge in [0, 0.05) is 31.0 Å². The first-order chi connectivity index (χ1) is 8.83. The van der Waals surface area contributed by atoms with Crippen molar-refractivity contribution in [1.82, 2.24) is 9.97 Å². The maximum absolute atomic E-state index is 5.41. The summed E-state index contributed by atoms with van der Waals surface area (Å²) in [4.78, 5) is 8.51. The molecule has 0 aliphatic carbocycles. The number of aromatic nitrogens is 2. The molecule has 3 N–H and O–H groups in total. The molecule has 0 amide bonds. The van der Waals surface area contributed by atoms with Crippen LogP contribution in [0.25, 0.3) is 11.1 Å². The molecule has 2 rings (SSSR count). The molecular formula is C14H18N4. The zero-order chi connectivity index (χ0) is 12.8. The van der Waals surface area contributed by atoms with Gasteiger partial charge >= 0.3 is 0 Å². The molecule has 4 nitrogen and oxygen atoms in total. The lowest BCUT2D eigenvalue weighted by atomic mass is 10.1. The van der Waals surface area contributed by atoms with Crippen LogP contribution >= 0.6 is 0 Å². The van der Waals surface area contributed by atoms with Crippen LogP contribution in [0.1, 0.15) is 12.5 Å². The second-order valence-electron chi connectivity index (χ2n) is 4.06. The fraction of sp³-hybridized carbons (Fsp3) is 0.286. The van der Waals surface area contributed by atoms with Crippen LogP contribution in [0.3, 0.4) is 0 Å². The fourth-order valence-corrected chi connectivity index (χ4v) is 1.69. The lowest BCUT2D eigenvalue weighted by molar-refractivity contribution is 0.990. The standard InChI is InChI=1S/C14H18N4/c1-2-11-3-5-12(6-4-11)13-9-17-14(18-10-13)16-8-7-15/h3-6,9-10H,2,7-8,15H2,1H3,(H,16,17,18). The van der Waals surface area contributed by atoms with Gasteiger partial charge in [0.1, 0.15) is 0 Å². The summed E-state index contributed by atoms with van der Waals surface area (Å²) in [6, 6.07) is 8.47. The molecular weight excluding hydrogens is 224 g/mol. The summed E-state index contributed by atoms with van der Waals surface area (Å²) >= 11 is 0. The van der Waals surface area contributed by atoms with Crippen LogP contribution in [-0.2, 0) is 6.42 Å². The van der Waals surface area contributed by atoms with Crippen molar-refractivity contribution in [2.45, 2.75) is 13.3 Å². The van der Waals surface area contributed by atoms with Crippen LogP contribution in [0.5, 0.6) is 0 Å². The van der Waals surface area contributed by atoms with E-state index in [0.29, 0.717) is 19.0 Å². The second-order valence-corrected chi connectivity index (χ2v) is 4.06. The van der Waals surface area contributed by atoms with E-state index in [0.717, 1.165) is 17.5 Å². The van der Waals surface area contributed by atoms with Gasteiger partial charge in [0.2, 0.25) is 5.95 Å². The highest BCUT2D eigenvalue weighted by atomic mass is 15.1. The van der Waals surface area contributed by atoms with Gasteiger partial charge in [-0.05, 0) is 17.5 Å². The Morgan fingerprint density at radius 1 is 1.06 bits per heavy atom. The van der Waals surface area contributed by atoms with Gasteiger partial charge in [0.25, 0.3) is 0 Å². The lowest BCUT2D eigenvalue weighted by Crippen LogP contribution is -2.14. The molecule has 4 heteroatoms. The van der Waals surface area contributed by atoms with Crippen LogP contribution in [-0.4, -0.2) is 23.1 Å². The first kappa shape index (κ1) is 12.5. The van der Waals surface area contributed by atoms with Crippen molar-refractivity contribution in [2.24, 2.45) is 5.73 Å². The Hall–Kier alpha value is -1.94. The topological polar surface area (TPSA) is 63.8 Å². The van der Waals surface area contributed by atoms with Crippen LogP contribution < -0.4 is 11.1 Å². The minimum Gasteiger partial charge on any atom is -0.353 e. The average molecular weight is 242 g/mol. The lowest BCUT2D eigenvalue weighted by Gasteiger charge is -2.05. The number of nitrogens with two attached hydrogens (primary N) is 1. The maximum Gasteiger partial charge on any atom is 0.222 e. The van der Waals surface area contributed by atoms with Crippen molar-refractivity contribution in [3.8, 4) is 11.1 Å². The summed E-state index contributed by atoms with van der Waals surface area (Å²) in [7, 11) is 0. The Labute approximate surface area is 107 Å². The molecule has 1 heterocycles. The van der Waals surface area contributed by atoms with E-state index in [2.05, 4.69) is 46.5 Å². The molecule has 0 radical (unpaired) electrons. The first-order valence-electron chi connectivity index (χ1n) is 6.18. The summed E-state index contributed by atoms with van der Waals surface area (Å²) < 4.78 is 0. The third kappa shape index (κ3) is 3.05. The van der Waals surface area contributed by atoms with Crippen molar-refractivity contribution in [3.05, 3.63) is 42.2 Å². The summed E-state index contributed by atoms with van der Waals surface area (Å²) in [5, 5.41) is 3.04. The molecule has 0 aliphatic heterocycles. The molecule has 0 fully saturated rings. The van der Waals surface area contributed by atoms with Crippen LogP contribution in [0.2, 0.25) is 0 Å². The van der Waals surface area contributed by atoms with Gasteiger partial charge in [0.15, 0.2) is 0 Å². The van der Waals surface area contributed by atoms with Gasteiger partial charge in [-0.3, -0.25) is 0 Å². The predicted octanol–water partition coefficient (Wildman–Crippen LogP) is 2.08. The summed E-state index contributed by atoms with van der Waals surface area (Å²) in [6.45, 7) is 3.41. The highest BCUT2D eigenvalue weighted by molar-refractivity contribution is 5.62. The predicted molar refractivity (Wildman–Crippen MR) is 74.4 cm³/mol. The Morgan fingerprint density at radius 2 is 1.72 bits per heavy atom. The number of hydrogen-bond acceptors (Lipinski definition) is 4. The normalized spacial score (nSPS) is 10.3.